The zero-order valence-corrected chi connectivity index (χ0v) is 13.1. The molecule has 0 unspecified atom stereocenters. The van der Waals surface area contributed by atoms with E-state index in [1.807, 2.05) is 36.9 Å². The Balaban J connectivity index is 1.99. The lowest BCUT2D eigenvalue weighted by Gasteiger charge is -2.38. The lowest BCUT2D eigenvalue weighted by molar-refractivity contribution is -0.0249. The van der Waals surface area contributed by atoms with Gasteiger partial charge in [-0.3, -0.25) is 4.79 Å². The molecule has 2 aromatic rings. The van der Waals surface area contributed by atoms with E-state index in [9.17, 15) is 4.79 Å². The topological polar surface area (TPSA) is 45.3 Å². The number of H-pyrrole nitrogens is 1. The Morgan fingerprint density at radius 2 is 1.90 bits per heavy atom. The molecule has 1 saturated heterocycles. The first-order valence-corrected chi connectivity index (χ1v) is 7.48. The van der Waals surface area contributed by atoms with Crippen molar-refractivity contribution in [2.45, 2.75) is 39.8 Å². The summed E-state index contributed by atoms with van der Waals surface area (Å²) in [7, 11) is 0. The van der Waals surface area contributed by atoms with Crippen molar-refractivity contribution in [1.29, 1.82) is 0 Å². The molecule has 112 valence electrons. The minimum atomic E-state index is 0.0958. The summed E-state index contributed by atoms with van der Waals surface area (Å²) in [5.41, 5.74) is 4.21. The summed E-state index contributed by atoms with van der Waals surface area (Å²) in [6.45, 7) is 9.45. The Labute approximate surface area is 125 Å². The van der Waals surface area contributed by atoms with Crippen LogP contribution in [0.3, 0.4) is 0 Å². The van der Waals surface area contributed by atoms with Crippen LogP contribution >= 0.6 is 0 Å². The molecule has 1 amide bonds. The van der Waals surface area contributed by atoms with Gasteiger partial charge in [0.25, 0.3) is 5.91 Å². The number of ether oxygens (including phenoxy) is 1. The fraction of sp³-hybridized carbons (Fsp3) is 0.471. The maximum absolute atomic E-state index is 12.8. The van der Waals surface area contributed by atoms with Gasteiger partial charge >= 0.3 is 0 Å². The highest BCUT2D eigenvalue weighted by Crippen LogP contribution is 2.24. The van der Waals surface area contributed by atoms with Gasteiger partial charge in [0.1, 0.15) is 0 Å². The molecule has 4 heteroatoms. The second-order valence-corrected chi connectivity index (χ2v) is 6.08. The number of aromatic amines is 1. The number of aromatic nitrogens is 1. The molecule has 1 N–H and O–H groups in total. The molecular formula is C17H22N2O2. The van der Waals surface area contributed by atoms with E-state index in [-0.39, 0.29) is 18.0 Å². The van der Waals surface area contributed by atoms with Crippen molar-refractivity contribution in [2.24, 2.45) is 0 Å². The summed E-state index contributed by atoms with van der Waals surface area (Å²) in [4.78, 5) is 18.1. The summed E-state index contributed by atoms with van der Waals surface area (Å²) < 4.78 is 5.50. The van der Waals surface area contributed by atoms with Crippen LogP contribution in [-0.2, 0) is 4.74 Å². The second kappa shape index (κ2) is 5.19. The van der Waals surface area contributed by atoms with Crippen LogP contribution in [0.2, 0.25) is 0 Å². The molecule has 1 aliphatic rings. The molecule has 2 atom stereocenters. The zero-order chi connectivity index (χ0) is 15.1. The molecule has 21 heavy (non-hydrogen) atoms. The molecule has 0 spiro atoms. The van der Waals surface area contributed by atoms with E-state index in [4.69, 9.17) is 4.74 Å². The van der Waals surface area contributed by atoms with Crippen LogP contribution in [0, 0.1) is 13.8 Å². The number of hydrogen-bond acceptors (Lipinski definition) is 2. The zero-order valence-electron chi connectivity index (χ0n) is 13.1. The third-order valence-corrected chi connectivity index (χ3v) is 4.46. The predicted octanol–water partition coefficient (Wildman–Crippen LogP) is 3.03. The van der Waals surface area contributed by atoms with Crippen molar-refractivity contribution in [3.8, 4) is 0 Å². The number of hydrogen-bond donors (Lipinski definition) is 1. The average molecular weight is 286 g/mol. The van der Waals surface area contributed by atoms with Crippen LogP contribution in [0.25, 0.3) is 10.9 Å². The van der Waals surface area contributed by atoms with E-state index in [1.165, 1.54) is 5.56 Å². The van der Waals surface area contributed by atoms with Crippen LogP contribution < -0.4 is 0 Å². The second-order valence-electron chi connectivity index (χ2n) is 6.08. The van der Waals surface area contributed by atoms with Crippen LogP contribution in [0.4, 0.5) is 0 Å². The number of amides is 1. The number of carbonyl (C=O) groups excluding carboxylic acids is 1. The number of aryl methyl sites for hydroxylation is 2. The Morgan fingerprint density at radius 1 is 1.24 bits per heavy atom. The number of morpholine rings is 1. The smallest absolute Gasteiger partial charge is 0.254 e. The van der Waals surface area contributed by atoms with E-state index < -0.39 is 0 Å². The lowest BCUT2D eigenvalue weighted by Crippen LogP contribution is -2.52. The number of benzene rings is 1. The Hall–Kier alpha value is -1.81. The van der Waals surface area contributed by atoms with E-state index in [0.717, 1.165) is 22.2 Å². The fourth-order valence-corrected chi connectivity index (χ4v) is 3.15. The van der Waals surface area contributed by atoms with Gasteiger partial charge in [-0.05, 0) is 51.5 Å². The molecular weight excluding hydrogens is 264 g/mol. The summed E-state index contributed by atoms with van der Waals surface area (Å²) in [6, 6.07) is 6.15. The van der Waals surface area contributed by atoms with E-state index in [2.05, 4.69) is 18.8 Å². The highest BCUT2D eigenvalue weighted by Gasteiger charge is 2.30. The molecule has 3 rings (SSSR count). The van der Waals surface area contributed by atoms with Crippen LogP contribution in [-0.4, -0.2) is 41.1 Å². The largest absolute Gasteiger partial charge is 0.377 e. The number of carbonyl (C=O) groups is 1. The van der Waals surface area contributed by atoms with Crippen molar-refractivity contribution in [1.82, 2.24) is 9.88 Å². The van der Waals surface area contributed by atoms with Crippen LogP contribution in [0.15, 0.2) is 18.2 Å². The van der Waals surface area contributed by atoms with Crippen LogP contribution in [0.1, 0.15) is 35.5 Å². The van der Waals surface area contributed by atoms with Gasteiger partial charge < -0.3 is 14.6 Å². The number of nitrogens with one attached hydrogen (secondary N) is 1. The quantitative estimate of drug-likeness (QED) is 0.876. The van der Waals surface area contributed by atoms with E-state index in [1.54, 1.807) is 0 Å². The summed E-state index contributed by atoms with van der Waals surface area (Å²) in [5.74, 6) is 0.0958. The standard InChI is InChI=1S/C17H22N2O2/c1-10-8-21-9-11(2)19(10)17(20)14-5-6-16-15(7-14)12(3)13(4)18-16/h5-7,10-11,18H,8-9H2,1-4H3/t10-,11-/m0/s1. The van der Waals surface area contributed by atoms with Crippen LogP contribution in [0.5, 0.6) is 0 Å². The Kier molecular flexibility index (Phi) is 3.49. The number of fused-ring (bicyclic) bond motifs is 1. The molecule has 2 heterocycles. The first-order valence-electron chi connectivity index (χ1n) is 7.48. The van der Waals surface area contributed by atoms with Crippen molar-refractivity contribution in [2.75, 3.05) is 13.2 Å². The normalized spacial score (nSPS) is 22.8. The summed E-state index contributed by atoms with van der Waals surface area (Å²) in [6.07, 6.45) is 0. The Bertz CT molecular complexity index is 679. The van der Waals surface area contributed by atoms with Crippen molar-refractivity contribution < 1.29 is 9.53 Å². The van der Waals surface area contributed by atoms with Gasteiger partial charge in [-0.15, -0.1) is 0 Å². The summed E-state index contributed by atoms with van der Waals surface area (Å²) in [5, 5.41) is 1.13. The molecule has 0 radical (unpaired) electrons. The van der Waals surface area contributed by atoms with E-state index >= 15 is 0 Å². The number of nitrogens with zero attached hydrogens (tertiary/aromatic N) is 1. The molecule has 1 aliphatic heterocycles. The molecule has 1 aromatic carbocycles. The van der Waals surface area contributed by atoms with Crippen molar-refractivity contribution in [3.63, 3.8) is 0 Å². The van der Waals surface area contributed by atoms with Gasteiger partial charge in [0.2, 0.25) is 0 Å². The van der Waals surface area contributed by atoms with E-state index in [0.29, 0.717) is 13.2 Å². The van der Waals surface area contributed by atoms with Gasteiger partial charge in [0, 0.05) is 22.2 Å². The third kappa shape index (κ3) is 2.33. The fourth-order valence-electron chi connectivity index (χ4n) is 3.15. The molecule has 0 saturated carbocycles. The van der Waals surface area contributed by atoms with Crippen molar-refractivity contribution in [3.05, 3.63) is 35.0 Å². The maximum Gasteiger partial charge on any atom is 0.254 e. The van der Waals surface area contributed by atoms with Gasteiger partial charge in [-0.2, -0.15) is 0 Å². The molecule has 0 aliphatic carbocycles. The molecule has 0 bridgehead atoms. The average Bonchev–Trinajstić information content (AvgIpc) is 2.73. The van der Waals surface area contributed by atoms with Crippen molar-refractivity contribution >= 4 is 16.8 Å². The first-order chi connectivity index (χ1) is 9.99. The maximum atomic E-state index is 12.8. The minimum Gasteiger partial charge on any atom is -0.377 e. The first kappa shape index (κ1) is 14.1. The summed E-state index contributed by atoms with van der Waals surface area (Å²) >= 11 is 0. The molecule has 4 nitrogen and oxygen atoms in total. The van der Waals surface area contributed by atoms with Gasteiger partial charge in [-0.25, -0.2) is 0 Å². The molecule has 1 fully saturated rings. The third-order valence-electron chi connectivity index (χ3n) is 4.46. The van der Waals surface area contributed by atoms with Gasteiger partial charge in [-0.1, -0.05) is 0 Å². The predicted molar refractivity (Wildman–Crippen MR) is 83.7 cm³/mol. The highest BCUT2D eigenvalue weighted by molar-refractivity contribution is 5.99. The Morgan fingerprint density at radius 3 is 2.57 bits per heavy atom. The minimum absolute atomic E-state index is 0.0958. The van der Waals surface area contributed by atoms with Gasteiger partial charge in [0.15, 0.2) is 0 Å². The highest BCUT2D eigenvalue weighted by atomic mass is 16.5. The molecule has 1 aromatic heterocycles. The number of rotatable bonds is 1. The SMILES string of the molecule is Cc1[nH]c2ccc(C(=O)N3[C@@H](C)COC[C@@H]3C)cc2c1C. The monoisotopic (exact) mass is 286 g/mol. The lowest BCUT2D eigenvalue weighted by atomic mass is 10.1. The van der Waals surface area contributed by atoms with Gasteiger partial charge in [0.05, 0.1) is 25.3 Å².